The van der Waals surface area contributed by atoms with E-state index in [2.05, 4.69) is 43.0 Å². The number of aliphatic carboxylic acids is 2. The van der Waals surface area contributed by atoms with E-state index in [-0.39, 0.29) is 18.0 Å². The Hall–Kier alpha value is -3.20. The second kappa shape index (κ2) is 11.4. The van der Waals surface area contributed by atoms with Gasteiger partial charge in [-0.2, -0.15) is 5.10 Å². The molecule has 1 saturated heterocycles. The first-order valence-electron chi connectivity index (χ1n) is 10.7. The third-order valence-electron chi connectivity index (χ3n) is 5.29. The Morgan fingerprint density at radius 3 is 2.12 bits per heavy atom. The van der Waals surface area contributed by atoms with Crippen molar-refractivity contribution in [3.05, 3.63) is 42.1 Å². The molecule has 0 unspecified atom stereocenters. The van der Waals surface area contributed by atoms with Crippen LogP contribution in [0.25, 0.3) is 10.9 Å². The van der Waals surface area contributed by atoms with Crippen LogP contribution in [0.15, 0.2) is 36.5 Å². The molecule has 9 heteroatoms. The molecule has 1 aromatic heterocycles. The zero-order chi connectivity index (χ0) is 23.8. The summed E-state index contributed by atoms with van der Waals surface area (Å²) in [5.74, 6) is -2.52. The Kier molecular flexibility index (Phi) is 8.95. The number of carboxylic acid groups (broad SMARTS) is 2. The lowest BCUT2D eigenvalue weighted by molar-refractivity contribution is -0.134. The highest BCUT2D eigenvalue weighted by atomic mass is 16.4. The van der Waals surface area contributed by atoms with Crippen molar-refractivity contribution in [2.45, 2.75) is 58.7 Å². The number of hydrogen-bond donors (Lipinski definition) is 3. The van der Waals surface area contributed by atoms with Crippen LogP contribution in [-0.4, -0.2) is 67.9 Å². The second-order valence-corrected chi connectivity index (χ2v) is 8.33. The molecule has 0 saturated carbocycles. The number of piperidine rings is 1. The van der Waals surface area contributed by atoms with Gasteiger partial charge >= 0.3 is 11.9 Å². The quantitative estimate of drug-likeness (QED) is 0.585. The summed E-state index contributed by atoms with van der Waals surface area (Å²) in [6, 6.07) is 6.95. The summed E-state index contributed by atoms with van der Waals surface area (Å²) < 4.78 is 1.92. The lowest BCUT2D eigenvalue weighted by atomic mass is 10.0. The lowest BCUT2D eigenvalue weighted by Crippen LogP contribution is -2.46. The minimum absolute atomic E-state index is 0.00222. The fourth-order valence-corrected chi connectivity index (χ4v) is 3.48. The molecule has 1 aromatic carbocycles. The molecule has 1 amide bonds. The summed E-state index contributed by atoms with van der Waals surface area (Å²) in [7, 11) is 0. The molecule has 1 fully saturated rings. The van der Waals surface area contributed by atoms with E-state index in [1.807, 2.05) is 29.1 Å². The van der Waals surface area contributed by atoms with Gasteiger partial charge in [0.15, 0.2) is 0 Å². The lowest BCUT2D eigenvalue weighted by Gasteiger charge is -2.34. The number of carbonyl (C=O) groups excluding carboxylic acids is 1. The van der Waals surface area contributed by atoms with Crippen LogP contribution in [0, 0.1) is 0 Å². The Morgan fingerprint density at radius 2 is 1.62 bits per heavy atom. The van der Waals surface area contributed by atoms with Crippen LogP contribution in [0.1, 0.15) is 56.9 Å². The predicted molar refractivity (Wildman–Crippen MR) is 122 cm³/mol. The highest BCUT2D eigenvalue weighted by molar-refractivity contribution is 6.05. The third kappa shape index (κ3) is 7.19. The summed E-state index contributed by atoms with van der Waals surface area (Å²) in [6.45, 7) is 10.7. The van der Waals surface area contributed by atoms with E-state index in [1.54, 1.807) is 0 Å². The van der Waals surface area contributed by atoms with Crippen LogP contribution in [-0.2, 0) is 9.59 Å². The summed E-state index contributed by atoms with van der Waals surface area (Å²) in [4.78, 5) is 34.3. The van der Waals surface area contributed by atoms with Crippen LogP contribution in [0.4, 0.5) is 0 Å². The van der Waals surface area contributed by atoms with Gasteiger partial charge in [-0.15, -0.1) is 0 Å². The molecule has 2 heterocycles. The monoisotopic (exact) mass is 444 g/mol. The highest BCUT2D eigenvalue weighted by Crippen LogP contribution is 2.20. The van der Waals surface area contributed by atoms with Crippen molar-refractivity contribution >= 4 is 28.7 Å². The first-order chi connectivity index (χ1) is 15.1. The van der Waals surface area contributed by atoms with Crippen molar-refractivity contribution in [2.24, 2.45) is 0 Å². The number of likely N-dealkylation sites (tertiary alicyclic amines) is 1. The van der Waals surface area contributed by atoms with Crippen molar-refractivity contribution in [3.8, 4) is 0 Å². The van der Waals surface area contributed by atoms with Gasteiger partial charge in [0.1, 0.15) is 5.52 Å². The van der Waals surface area contributed by atoms with Gasteiger partial charge in [0.25, 0.3) is 5.91 Å². The van der Waals surface area contributed by atoms with Crippen molar-refractivity contribution in [1.29, 1.82) is 0 Å². The number of amides is 1. The normalized spacial score (nSPS) is 15.2. The molecule has 174 valence electrons. The Bertz CT molecular complexity index is 956. The molecule has 32 heavy (non-hydrogen) atoms. The zero-order valence-electron chi connectivity index (χ0n) is 19.0. The average Bonchev–Trinajstić information content (AvgIpc) is 3.18. The van der Waals surface area contributed by atoms with Gasteiger partial charge in [-0.3, -0.25) is 9.48 Å². The highest BCUT2D eigenvalue weighted by Gasteiger charge is 2.23. The molecule has 1 aliphatic heterocycles. The Morgan fingerprint density at radius 1 is 1.03 bits per heavy atom. The smallest absolute Gasteiger partial charge is 0.328 e. The van der Waals surface area contributed by atoms with Crippen molar-refractivity contribution in [3.63, 3.8) is 0 Å². The number of rotatable bonds is 6. The van der Waals surface area contributed by atoms with E-state index < -0.39 is 11.9 Å². The summed E-state index contributed by atoms with van der Waals surface area (Å²) in [5.41, 5.74) is 1.47. The molecule has 1 aliphatic rings. The maximum atomic E-state index is 12.7. The molecule has 0 bridgehead atoms. The van der Waals surface area contributed by atoms with Crippen LogP contribution in [0.3, 0.4) is 0 Å². The maximum Gasteiger partial charge on any atom is 0.328 e. The number of benzene rings is 1. The van der Waals surface area contributed by atoms with Crippen molar-refractivity contribution in [2.75, 3.05) is 13.1 Å². The SMILES string of the molecule is CC(C)N1CCC(NC(=O)c2cccc3cn(C(C)C)nc23)CC1.O=C(O)C=CC(=O)O. The number of nitrogens with zero attached hydrogens (tertiary/aromatic N) is 3. The van der Waals surface area contributed by atoms with E-state index in [4.69, 9.17) is 10.2 Å². The Balaban J connectivity index is 0.000000390. The molecule has 0 aliphatic carbocycles. The van der Waals surface area contributed by atoms with Crippen molar-refractivity contribution in [1.82, 2.24) is 20.0 Å². The van der Waals surface area contributed by atoms with Crippen LogP contribution in [0.5, 0.6) is 0 Å². The number of hydrogen-bond acceptors (Lipinski definition) is 5. The number of aromatic nitrogens is 2. The molecule has 0 radical (unpaired) electrons. The second-order valence-electron chi connectivity index (χ2n) is 8.33. The van der Waals surface area contributed by atoms with Gasteiger partial charge in [-0.05, 0) is 46.6 Å². The van der Waals surface area contributed by atoms with Crippen LogP contribution < -0.4 is 5.32 Å². The van der Waals surface area contributed by atoms with Gasteiger partial charge in [-0.25, -0.2) is 9.59 Å². The van der Waals surface area contributed by atoms with Gasteiger partial charge in [0.05, 0.1) is 5.56 Å². The summed E-state index contributed by atoms with van der Waals surface area (Å²) in [6.07, 6.45) is 5.16. The van der Waals surface area contributed by atoms with Gasteiger partial charge in [0, 0.05) is 55.0 Å². The third-order valence-corrected chi connectivity index (χ3v) is 5.29. The molecule has 9 nitrogen and oxygen atoms in total. The fraction of sp³-hybridized carbons (Fsp3) is 0.478. The Labute approximate surface area is 187 Å². The van der Waals surface area contributed by atoms with E-state index in [1.165, 1.54) is 0 Å². The number of nitrogens with one attached hydrogen (secondary N) is 1. The van der Waals surface area contributed by atoms with Crippen LogP contribution >= 0.6 is 0 Å². The molecular weight excluding hydrogens is 412 g/mol. The van der Waals surface area contributed by atoms with E-state index in [0.29, 0.717) is 23.8 Å². The van der Waals surface area contributed by atoms with E-state index in [9.17, 15) is 14.4 Å². The van der Waals surface area contributed by atoms with Gasteiger partial charge in [0.2, 0.25) is 0 Å². The number of carbonyl (C=O) groups is 3. The van der Waals surface area contributed by atoms with E-state index in [0.717, 1.165) is 36.8 Å². The molecule has 0 spiro atoms. The van der Waals surface area contributed by atoms with E-state index >= 15 is 0 Å². The largest absolute Gasteiger partial charge is 0.478 e. The molecule has 2 aromatic rings. The first kappa shape index (κ1) is 25.1. The average molecular weight is 445 g/mol. The topological polar surface area (TPSA) is 125 Å². The van der Waals surface area contributed by atoms with Crippen molar-refractivity contribution < 1.29 is 24.6 Å². The standard InChI is InChI=1S/C19H28N4O.C4H4O4/c1-13(2)22-10-8-16(9-11-22)20-19(24)17-7-5-6-15-12-23(14(3)4)21-18(15)17;5-3(6)1-2-4(7)8/h5-7,12-14,16H,8-11H2,1-4H3,(H,20,24);1-2H,(H,5,6)(H,7,8). The zero-order valence-corrected chi connectivity index (χ0v) is 19.0. The number of carboxylic acids is 2. The number of fused-ring (bicyclic) bond motifs is 1. The molecule has 3 N–H and O–H groups in total. The molecular formula is C23H32N4O5. The fourth-order valence-electron chi connectivity index (χ4n) is 3.48. The first-order valence-corrected chi connectivity index (χ1v) is 10.7. The minimum Gasteiger partial charge on any atom is -0.478 e. The minimum atomic E-state index is -1.26. The molecule has 3 rings (SSSR count). The summed E-state index contributed by atoms with van der Waals surface area (Å²) >= 11 is 0. The van der Waals surface area contributed by atoms with Gasteiger partial charge in [-0.1, -0.05) is 12.1 Å². The van der Waals surface area contributed by atoms with Crippen LogP contribution in [0.2, 0.25) is 0 Å². The summed E-state index contributed by atoms with van der Waals surface area (Å²) in [5, 5.41) is 24.5. The maximum absolute atomic E-state index is 12.7. The predicted octanol–water partition coefficient (Wildman–Crippen LogP) is 2.93. The molecule has 0 atom stereocenters. The van der Waals surface area contributed by atoms with Gasteiger partial charge < -0.3 is 20.4 Å².